The molecule has 26 heavy (non-hydrogen) atoms. The van der Waals surface area contributed by atoms with Gasteiger partial charge in [-0.05, 0) is 61.5 Å². The van der Waals surface area contributed by atoms with Crippen molar-refractivity contribution < 1.29 is 0 Å². The smallest absolute Gasteiger partial charge is 0.159 e. The summed E-state index contributed by atoms with van der Waals surface area (Å²) < 4.78 is 0. The summed E-state index contributed by atoms with van der Waals surface area (Å²) in [4.78, 5) is 9.60. The number of fused-ring (bicyclic) bond motifs is 1. The van der Waals surface area contributed by atoms with Gasteiger partial charge in [-0.15, -0.1) is 0 Å². The van der Waals surface area contributed by atoms with E-state index in [2.05, 4.69) is 51.2 Å². The van der Waals surface area contributed by atoms with E-state index in [1.807, 2.05) is 0 Å². The molecule has 1 aliphatic carbocycles. The number of unbranched alkanes of at least 4 members (excludes halogenated alkanes) is 2. The van der Waals surface area contributed by atoms with E-state index in [0.717, 1.165) is 36.1 Å². The minimum atomic E-state index is 0.814. The van der Waals surface area contributed by atoms with E-state index >= 15 is 0 Å². The molecule has 1 aliphatic rings. The van der Waals surface area contributed by atoms with Gasteiger partial charge in [0.25, 0.3) is 0 Å². The molecule has 0 fully saturated rings. The lowest BCUT2D eigenvalue weighted by Crippen LogP contribution is -2.18. The highest BCUT2D eigenvalue weighted by atomic mass is 14.9. The van der Waals surface area contributed by atoms with Crippen LogP contribution in [0.3, 0.4) is 0 Å². The Morgan fingerprint density at radius 3 is 2.65 bits per heavy atom. The average Bonchev–Trinajstić information content (AvgIpc) is 2.68. The van der Waals surface area contributed by atoms with Gasteiger partial charge in [0.1, 0.15) is 0 Å². The van der Waals surface area contributed by atoms with Gasteiger partial charge in [0.15, 0.2) is 5.82 Å². The summed E-state index contributed by atoms with van der Waals surface area (Å²) in [5.41, 5.74) is 5.23. The largest absolute Gasteiger partial charge is 0.236 e. The normalized spacial score (nSPS) is 17.7. The van der Waals surface area contributed by atoms with Gasteiger partial charge in [0.2, 0.25) is 0 Å². The predicted octanol–water partition coefficient (Wildman–Crippen LogP) is 6.42. The molecule has 0 N–H and O–H groups in total. The van der Waals surface area contributed by atoms with Crippen molar-refractivity contribution in [3.63, 3.8) is 0 Å². The SMILES string of the molecule is CCCCCc1ccc(-c2ncc3c(n2)CCC(CC(C)CC)C3)cc1. The van der Waals surface area contributed by atoms with Crippen molar-refractivity contribution in [3.05, 3.63) is 47.3 Å². The first-order chi connectivity index (χ1) is 12.7. The van der Waals surface area contributed by atoms with Gasteiger partial charge in [-0.1, -0.05) is 64.3 Å². The van der Waals surface area contributed by atoms with Crippen molar-refractivity contribution in [2.45, 2.75) is 78.6 Å². The van der Waals surface area contributed by atoms with E-state index in [0.29, 0.717) is 0 Å². The van der Waals surface area contributed by atoms with Gasteiger partial charge in [-0.3, -0.25) is 0 Å². The third-order valence-corrected chi connectivity index (χ3v) is 5.97. The Labute approximate surface area is 159 Å². The molecule has 0 radical (unpaired) electrons. The maximum Gasteiger partial charge on any atom is 0.159 e. The molecule has 1 heterocycles. The number of hydrogen-bond donors (Lipinski definition) is 0. The van der Waals surface area contributed by atoms with E-state index in [4.69, 9.17) is 9.97 Å². The Balaban J connectivity index is 1.66. The van der Waals surface area contributed by atoms with Crippen LogP contribution in [0.1, 0.15) is 76.1 Å². The molecular weight excluding hydrogens is 316 g/mol. The number of aryl methyl sites for hydroxylation is 2. The van der Waals surface area contributed by atoms with Crippen LogP contribution in [0.25, 0.3) is 11.4 Å². The lowest BCUT2D eigenvalue weighted by atomic mass is 9.81. The summed E-state index contributed by atoms with van der Waals surface area (Å²) in [5, 5.41) is 0. The van der Waals surface area contributed by atoms with Gasteiger partial charge in [-0.2, -0.15) is 0 Å². The molecule has 0 saturated heterocycles. The van der Waals surface area contributed by atoms with Crippen LogP contribution in [0.5, 0.6) is 0 Å². The molecule has 2 unspecified atom stereocenters. The molecule has 3 rings (SSSR count). The van der Waals surface area contributed by atoms with Gasteiger partial charge < -0.3 is 0 Å². The van der Waals surface area contributed by atoms with Crippen LogP contribution < -0.4 is 0 Å². The van der Waals surface area contributed by atoms with E-state index in [1.165, 1.54) is 61.8 Å². The highest BCUT2D eigenvalue weighted by Crippen LogP contribution is 2.30. The number of benzene rings is 1. The van der Waals surface area contributed by atoms with E-state index < -0.39 is 0 Å². The summed E-state index contributed by atoms with van der Waals surface area (Å²) in [7, 11) is 0. The lowest BCUT2D eigenvalue weighted by molar-refractivity contribution is 0.346. The fourth-order valence-corrected chi connectivity index (χ4v) is 4.06. The molecular formula is C24H34N2. The third-order valence-electron chi connectivity index (χ3n) is 5.97. The van der Waals surface area contributed by atoms with Gasteiger partial charge in [-0.25, -0.2) is 9.97 Å². The molecule has 2 nitrogen and oxygen atoms in total. The van der Waals surface area contributed by atoms with Crippen LogP contribution in [0.15, 0.2) is 30.5 Å². The molecule has 140 valence electrons. The second-order valence-electron chi connectivity index (χ2n) is 8.18. The molecule has 0 aliphatic heterocycles. The fourth-order valence-electron chi connectivity index (χ4n) is 4.06. The van der Waals surface area contributed by atoms with Crippen LogP contribution >= 0.6 is 0 Å². The average molecular weight is 351 g/mol. The highest BCUT2D eigenvalue weighted by Gasteiger charge is 2.22. The van der Waals surface area contributed by atoms with Crippen molar-refractivity contribution in [1.82, 2.24) is 9.97 Å². The zero-order valence-electron chi connectivity index (χ0n) is 16.8. The number of aromatic nitrogens is 2. The van der Waals surface area contributed by atoms with Crippen LogP contribution in [0.4, 0.5) is 0 Å². The monoisotopic (exact) mass is 350 g/mol. The zero-order chi connectivity index (χ0) is 18.4. The summed E-state index contributed by atoms with van der Waals surface area (Å²) >= 11 is 0. The molecule has 0 bridgehead atoms. The standard InChI is InChI=1S/C24H34N2/c1-4-6-7-8-19-9-12-21(13-10-19)24-25-17-22-16-20(15-18(3)5-2)11-14-23(22)26-24/h9-10,12-13,17-18,20H,4-8,11,14-16H2,1-3H3. The summed E-state index contributed by atoms with van der Waals surface area (Å²) in [6.45, 7) is 6.93. The Morgan fingerprint density at radius 1 is 1.12 bits per heavy atom. The van der Waals surface area contributed by atoms with Crippen LogP contribution in [0, 0.1) is 11.8 Å². The first-order valence-corrected chi connectivity index (χ1v) is 10.6. The first kappa shape index (κ1) is 19.1. The Bertz CT molecular complexity index is 690. The Hall–Kier alpha value is -1.70. The van der Waals surface area contributed by atoms with Crippen molar-refractivity contribution in [3.8, 4) is 11.4 Å². The Kier molecular flexibility index (Phi) is 6.82. The third kappa shape index (κ3) is 4.93. The van der Waals surface area contributed by atoms with Crippen LogP contribution in [-0.4, -0.2) is 9.97 Å². The maximum absolute atomic E-state index is 4.91. The van der Waals surface area contributed by atoms with Gasteiger partial charge in [0.05, 0.1) is 0 Å². The molecule has 1 aromatic carbocycles. The van der Waals surface area contributed by atoms with Crippen molar-refractivity contribution in [1.29, 1.82) is 0 Å². The maximum atomic E-state index is 4.91. The summed E-state index contributed by atoms with van der Waals surface area (Å²) in [6.07, 6.45) is 13.3. The molecule has 0 saturated carbocycles. The van der Waals surface area contributed by atoms with Gasteiger partial charge >= 0.3 is 0 Å². The minimum absolute atomic E-state index is 0.814. The fraction of sp³-hybridized carbons (Fsp3) is 0.583. The summed E-state index contributed by atoms with van der Waals surface area (Å²) in [6, 6.07) is 8.88. The quantitative estimate of drug-likeness (QED) is 0.513. The number of rotatable bonds is 8. The topological polar surface area (TPSA) is 25.8 Å². The zero-order valence-corrected chi connectivity index (χ0v) is 16.8. The van der Waals surface area contributed by atoms with Crippen molar-refractivity contribution in [2.75, 3.05) is 0 Å². The second kappa shape index (κ2) is 9.30. The molecule has 2 heteroatoms. The first-order valence-electron chi connectivity index (χ1n) is 10.6. The minimum Gasteiger partial charge on any atom is -0.236 e. The van der Waals surface area contributed by atoms with E-state index in [9.17, 15) is 0 Å². The molecule has 1 aromatic heterocycles. The van der Waals surface area contributed by atoms with E-state index in [-0.39, 0.29) is 0 Å². The van der Waals surface area contributed by atoms with E-state index in [1.54, 1.807) is 0 Å². The molecule has 0 amide bonds. The van der Waals surface area contributed by atoms with Crippen LogP contribution in [0.2, 0.25) is 0 Å². The van der Waals surface area contributed by atoms with Crippen molar-refractivity contribution in [2.24, 2.45) is 11.8 Å². The van der Waals surface area contributed by atoms with Crippen LogP contribution in [-0.2, 0) is 19.3 Å². The van der Waals surface area contributed by atoms with Gasteiger partial charge in [0, 0.05) is 17.5 Å². The summed E-state index contributed by atoms with van der Waals surface area (Å²) in [5.74, 6) is 2.54. The number of hydrogen-bond acceptors (Lipinski definition) is 2. The predicted molar refractivity (Wildman–Crippen MR) is 110 cm³/mol. The molecule has 0 spiro atoms. The lowest BCUT2D eigenvalue weighted by Gasteiger charge is -2.26. The Morgan fingerprint density at radius 2 is 1.92 bits per heavy atom. The second-order valence-corrected chi connectivity index (χ2v) is 8.18. The highest BCUT2D eigenvalue weighted by molar-refractivity contribution is 5.55. The molecule has 2 atom stereocenters. The molecule has 2 aromatic rings. The van der Waals surface area contributed by atoms with Crippen molar-refractivity contribution >= 4 is 0 Å². The number of nitrogens with zero attached hydrogens (tertiary/aromatic N) is 2.